The Morgan fingerprint density at radius 1 is 1.36 bits per heavy atom. The molecule has 3 aromatic rings. The topological polar surface area (TPSA) is 97.1 Å². The number of carboxylic acids is 1. The summed E-state index contributed by atoms with van der Waals surface area (Å²) in [7, 11) is 0. The lowest BCUT2D eigenvalue weighted by Gasteiger charge is -2.18. The number of fused-ring (bicyclic) bond motifs is 1. The Morgan fingerprint density at radius 3 is 2.86 bits per heavy atom. The van der Waals surface area contributed by atoms with Crippen LogP contribution in [-0.4, -0.2) is 37.8 Å². The molecule has 0 radical (unpaired) electrons. The number of carbonyl (C=O) groups excluding carboxylic acids is 1. The van der Waals surface area contributed by atoms with Crippen molar-refractivity contribution in [2.24, 2.45) is 5.92 Å². The zero-order valence-corrected chi connectivity index (χ0v) is 16.6. The molecule has 3 heterocycles. The van der Waals surface area contributed by atoms with Crippen molar-refractivity contribution in [3.8, 4) is 10.6 Å². The van der Waals surface area contributed by atoms with Crippen molar-refractivity contribution >= 4 is 34.2 Å². The average molecular weight is 398 g/mol. The molecular formula is C20H22N4O3S. The van der Waals surface area contributed by atoms with Crippen molar-refractivity contribution in [3.05, 3.63) is 35.3 Å². The van der Waals surface area contributed by atoms with E-state index in [1.807, 2.05) is 31.4 Å². The molecule has 1 aliphatic carbocycles. The van der Waals surface area contributed by atoms with Gasteiger partial charge in [0.25, 0.3) is 5.91 Å². The van der Waals surface area contributed by atoms with Crippen LogP contribution >= 0.6 is 11.3 Å². The number of rotatable bonds is 5. The van der Waals surface area contributed by atoms with E-state index in [0.717, 1.165) is 17.0 Å². The molecule has 7 nitrogen and oxygen atoms in total. The summed E-state index contributed by atoms with van der Waals surface area (Å²) in [5.41, 5.74) is 1.86. The quantitative estimate of drug-likeness (QED) is 0.683. The number of amides is 1. The first-order chi connectivity index (χ1) is 13.5. The second-order valence-corrected chi connectivity index (χ2v) is 8.36. The van der Waals surface area contributed by atoms with Crippen molar-refractivity contribution in [3.63, 3.8) is 0 Å². The maximum atomic E-state index is 13.1. The smallest absolute Gasteiger partial charge is 0.308 e. The third kappa shape index (κ3) is 3.28. The van der Waals surface area contributed by atoms with Crippen LogP contribution in [0.1, 0.15) is 49.5 Å². The van der Waals surface area contributed by atoms with E-state index in [9.17, 15) is 14.7 Å². The number of thiophene rings is 1. The number of carbonyl (C=O) groups is 2. The third-order valence-electron chi connectivity index (χ3n) is 5.22. The lowest BCUT2D eigenvalue weighted by Crippen LogP contribution is -2.40. The predicted molar refractivity (Wildman–Crippen MR) is 107 cm³/mol. The van der Waals surface area contributed by atoms with Gasteiger partial charge in [0.15, 0.2) is 5.65 Å². The summed E-state index contributed by atoms with van der Waals surface area (Å²) in [4.78, 5) is 30.3. The van der Waals surface area contributed by atoms with E-state index in [-0.39, 0.29) is 18.0 Å². The SMILES string of the molecule is CC(C)n1ncc2c(C(=O)N[C@@H]3CCC[C@@H]3C(=O)O)cc(-c3cccs3)nc21. The molecule has 0 unspecified atom stereocenters. The van der Waals surface area contributed by atoms with Gasteiger partial charge in [-0.2, -0.15) is 5.10 Å². The van der Waals surface area contributed by atoms with Crippen LogP contribution in [0.15, 0.2) is 29.8 Å². The van der Waals surface area contributed by atoms with Crippen molar-refractivity contribution < 1.29 is 14.7 Å². The first-order valence-corrected chi connectivity index (χ1v) is 10.3. The van der Waals surface area contributed by atoms with E-state index >= 15 is 0 Å². The van der Waals surface area contributed by atoms with Crippen LogP contribution in [0.25, 0.3) is 21.6 Å². The minimum Gasteiger partial charge on any atom is -0.481 e. The maximum absolute atomic E-state index is 13.1. The molecular weight excluding hydrogens is 376 g/mol. The second kappa shape index (κ2) is 7.35. The van der Waals surface area contributed by atoms with Crippen molar-refractivity contribution in [1.82, 2.24) is 20.1 Å². The Hall–Kier alpha value is -2.74. The average Bonchev–Trinajstić information content (AvgIpc) is 3.40. The fraction of sp³-hybridized carbons (Fsp3) is 0.400. The summed E-state index contributed by atoms with van der Waals surface area (Å²) in [6.45, 7) is 4.03. The minimum atomic E-state index is -0.852. The number of hydrogen-bond donors (Lipinski definition) is 2. The number of nitrogens with zero attached hydrogens (tertiary/aromatic N) is 3. The molecule has 1 fully saturated rings. The van der Waals surface area contributed by atoms with Crippen LogP contribution in [0.2, 0.25) is 0 Å². The Balaban J connectivity index is 1.77. The van der Waals surface area contributed by atoms with Gasteiger partial charge >= 0.3 is 5.97 Å². The van der Waals surface area contributed by atoms with Crippen LogP contribution < -0.4 is 5.32 Å². The number of hydrogen-bond acceptors (Lipinski definition) is 5. The van der Waals surface area contributed by atoms with Crippen LogP contribution in [-0.2, 0) is 4.79 Å². The normalized spacial score (nSPS) is 19.4. The lowest BCUT2D eigenvalue weighted by atomic mass is 10.0. The number of aliphatic carboxylic acids is 1. The van der Waals surface area contributed by atoms with Gasteiger partial charge in [0, 0.05) is 12.1 Å². The number of nitrogens with one attached hydrogen (secondary N) is 1. The van der Waals surface area contributed by atoms with Gasteiger partial charge in [0.2, 0.25) is 0 Å². The summed E-state index contributed by atoms with van der Waals surface area (Å²) in [6.07, 6.45) is 3.75. The largest absolute Gasteiger partial charge is 0.481 e. The van der Waals surface area contributed by atoms with Gasteiger partial charge in [-0.1, -0.05) is 12.5 Å². The van der Waals surface area contributed by atoms with Crippen molar-refractivity contribution in [2.75, 3.05) is 0 Å². The second-order valence-electron chi connectivity index (χ2n) is 7.41. The molecule has 146 valence electrons. The molecule has 2 N–H and O–H groups in total. The molecule has 2 atom stereocenters. The first kappa shape index (κ1) is 18.6. The van der Waals surface area contributed by atoms with Crippen LogP contribution in [0.5, 0.6) is 0 Å². The number of pyridine rings is 1. The van der Waals surface area contributed by atoms with Gasteiger partial charge in [0.05, 0.1) is 33.6 Å². The molecule has 4 rings (SSSR count). The standard InChI is InChI=1S/C20H22N4O3S/c1-11(2)24-18-14(10-21-24)13(9-16(22-18)17-7-4-8-28-17)19(25)23-15-6-3-5-12(15)20(26)27/h4,7-12,15H,3,5-6H2,1-2H3,(H,23,25)(H,26,27)/t12-,15+/m0/s1. The zero-order chi connectivity index (χ0) is 19.8. The van der Waals surface area contributed by atoms with Crippen LogP contribution in [0, 0.1) is 5.92 Å². The highest BCUT2D eigenvalue weighted by atomic mass is 32.1. The molecule has 3 aromatic heterocycles. The van der Waals surface area contributed by atoms with Gasteiger partial charge in [-0.15, -0.1) is 11.3 Å². The minimum absolute atomic E-state index is 0.103. The highest BCUT2D eigenvalue weighted by Gasteiger charge is 2.34. The lowest BCUT2D eigenvalue weighted by molar-refractivity contribution is -0.142. The predicted octanol–water partition coefficient (Wildman–Crippen LogP) is 3.72. The molecule has 1 aliphatic rings. The summed E-state index contributed by atoms with van der Waals surface area (Å²) in [6, 6.07) is 5.44. The molecule has 0 aliphatic heterocycles. The molecule has 0 spiro atoms. The third-order valence-corrected chi connectivity index (χ3v) is 6.12. The molecule has 1 saturated carbocycles. The van der Waals surface area contributed by atoms with Gasteiger partial charge in [0.1, 0.15) is 0 Å². The fourth-order valence-corrected chi connectivity index (χ4v) is 4.50. The van der Waals surface area contributed by atoms with Crippen LogP contribution in [0.3, 0.4) is 0 Å². The molecule has 1 amide bonds. The fourth-order valence-electron chi connectivity index (χ4n) is 3.81. The van der Waals surface area contributed by atoms with E-state index in [2.05, 4.69) is 10.4 Å². The van der Waals surface area contributed by atoms with E-state index in [1.54, 1.807) is 28.3 Å². The summed E-state index contributed by atoms with van der Waals surface area (Å²) in [5, 5.41) is 19.4. The summed E-state index contributed by atoms with van der Waals surface area (Å²) < 4.78 is 1.80. The first-order valence-electron chi connectivity index (χ1n) is 9.41. The van der Waals surface area contributed by atoms with E-state index in [0.29, 0.717) is 29.4 Å². The van der Waals surface area contributed by atoms with Gasteiger partial charge < -0.3 is 10.4 Å². The zero-order valence-electron chi connectivity index (χ0n) is 15.8. The van der Waals surface area contributed by atoms with E-state index < -0.39 is 11.9 Å². The molecule has 28 heavy (non-hydrogen) atoms. The molecule has 8 heteroatoms. The maximum Gasteiger partial charge on any atom is 0.308 e. The molecule has 0 saturated heterocycles. The highest BCUT2D eigenvalue weighted by molar-refractivity contribution is 7.13. The summed E-state index contributed by atoms with van der Waals surface area (Å²) >= 11 is 1.56. The summed E-state index contributed by atoms with van der Waals surface area (Å²) in [5.74, 6) is -1.65. The Morgan fingerprint density at radius 2 is 2.18 bits per heavy atom. The number of carboxylic acid groups (broad SMARTS) is 1. The van der Waals surface area contributed by atoms with Gasteiger partial charge in [-0.25, -0.2) is 9.67 Å². The van der Waals surface area contributed by atoms with E-state index in [4.69, 9.17) is 4.98 Å². The van der Waals surface area contributed by atoms with Gasteiger partial charge in [-0.05, 0) is 44.2 Å². The Kier molecular flexibility index (Phi) is 4.89. The Bertz CT molecular complexity index is 1030. The van der Waals surface area contributed by atoms with Crippen molar-refractivity contribution in [1.29, 1.82) is 0 Å². The molecule has 0 bridgehead atoms. The monoisotopic (exact) mass is 398 g/mol. The number of aromatic nitrogens is 3. The van der Waals surface area contributed by atoms with E-state index in [1.165, 1.54) is 0 Å². The highest BCUT2D eigenvalue weighted by Crippen LogP contribution is 2.30. The van der Waals surface area contributed by atoms with Crippen molar-refractivity contribution in [2.45, 2.75) is 45.2 Å². The molecule has 0 aromatic carbocycles. The van der Waals surface area contributed by atoms with Crippen LogP contribution in [0.4, 0.5) is 0 Å². The Labute approximate surface area is 166 Å². The van der Waals surface area contributed by atoms with Gasteiger partial charge in [-0.3, -0.25) is 9.59 Å².